The quantitative estimate of drug-likeness (QED) is 0.165. The number of nitrogens with one attached hydrogen (secondary N) is 2. The van der Waals surface area contributed by atoms with Crippen molar-refractivity contribution < 1.29 is 41.4 Å². The highest BCUT2D eigenvalue weighted by molar-refractivity contribution is 6.33. The number of rotatable bonds is 9. The van der Waals surface area contributed by atoms with E-state index in [4.69, 9.17) is 21.6 Å². The number of alkyl halides is 3. The number of anilines is 1. The number of carboxylic acids is 1. The Kier molecular flexibility index (Phi) is 9.93. The number of aromatic nitrogens is 1. The molecule has 0 saturated carbocycles. The molecule has 0 unspecified atom stereocenters. The topological polar surface area (TPSA) is 124 Å². The average Bonchev–Trinajstić information content (AvgIpc) is 3.03. The smallest absolute Gasteiger partial charge is 0.408 e. The maximum Gasteiger partial charge on any atom is 0.408 e. The first-order chi connectivity index (χ1) is 22.4. The zero-order valence-corrected chi connectivity index (χ0v) is 25.1. The third-order valence-electron chi connectivity index (χ3n) is 7.96. The van der Waals surface area contributed by atoms with Crippen LogP contribution in [-0.2, 0) is 16.0 Å². The van der Waals surface area contributed by atoms with Crippen LogP contribution in [0.2, 0.25) is 5.02 Å². The fourth-order valence-corrected chi connectivity index (χ4v) is 5.93. The Morgan fingerprint density at radius 3 is 2.36 bits per heavy atom. The van der Waals surface area contributed by atoms with Crippen molar-refractivity contribution in [2.45, 2.75) is 37.5 Å². The number of amides is 1. The minimum atomic E-state index is -4.73. The summed E-state index contributed by atoms with van der Waals surface area (Å²) in [6.45, 7) is 0.237. The molecule has 1 aromatic heterocycles. The second-order valence-corrected chi connectivity index (χ2v) is 11.4. The number of nitrogens with zero attached hydrogens (tertiary/aromatic N) is 2. The minimum absolute atomic E-state index is 0.0937. The fourth-order valence-electron chi connectivity index (χ4n) is 5.65. The van der Waals surface area contributed by atoms with Crippen molar-refractivity contribution in [2.24, 2.45) is 5.92 Å². The fraction of sp³-hybridized carbons (Fsp3) is 0.273. The molecule has 1 saturated heterocycles. The molecule has 2 atom stereocenters. The Hall–Kier alpha value is -4.80. The van der Waals surface area contributed by atoms with Crippen molar-refractivity contribution in [3.05, 3.63) is 94.1 Å². The number of aliphatic carboxylic acids is 1. The van der Waals surface area contributed by atoms with Gasteiger partial charge in [0.2, 0.25) is 0 Å². The highest BCUT2D eigenvalue weighted by Crippen LogP contribution is 2.36. The van der Waals surface area contributed by atoms with Crippen LogP contribution in [0.3, 0.4) is 0 Å². The lowest BCUT2D eigenvalue weighted by atomic mass is 9.91. The molecule has 1 aliphatic heterocycles. The van der Waals surface area contributed by atoms with Crippen molar-refractivity contribution in [3.63, 3.8) is 0 Å². The average molecular weight is 673 g/mol. The molecule has 2 heterocycles. The molecule has 0 radical (unpaired) electrons. The summed E-state index contributed by atoms with van der Waals surface area (Å²) in [7, 11) is 0. The largest absolute Gasteiger partial charge is 0.480 e. The zero-order valence-electron chi connectivity index (χ0n) is 24.4. The molecule has 47 heavy (non-hydrogen) atoms. The van der Waals surface area contributed by atoms with Crippen molar-refractivity contribution >= 4 is 40.1 Å². The van der Waals surface area contributed by atoms with Gasteiger partial charge >= 0.3 is 12.1 Å². The molecule has 8 nitrogen and oxygen atoms in total. The summed E-state index contributed by atoms with van der Waals surface area (Å²) in [6.07, 6.45) is -3.33. The van der Waals surface area contributed by atoms with Crippen LogP contribution in [0.5, 0.6) is 0 Å². The van der Waals surface area contributed by atoms with Gasteiger partial charge < -0.3 is 20.5 Å². The number of nitriles is 1. The Morgan fingerprint density at radius 2 is 1.74 bits per heavy atom. The number of carboxylic acid groups (broad SMARTS) is 1. The van der Waals surface area contributed by atoms with Crippen LogP contribution in [0.4, 0.5) is 27.6 Å². The van der Waals surface area contributed by atoms with E-state index >= 15 is 8.78 Å². The number of hydrogen-bond donors (Lipinski definition) is 3. The monoisotopic (exact) mass is 672 g/mol. The van der Waals surface area contributed by atoms with Gasteiger partial charge in [-0.25, -0.2) is 13.6 Å². The molecular formula is C33H26ClF5N4O4. The number of pyridine rings is 1. The van der Waals surface area contributed by atoms with E-state index < -0.39 is 58.9 Å². The second-order valence-electron chi connectivity index (χ2n) is 11.0. The lowest BCUT2D eigenvalue weighted by Crippen LogP contribution is -2.44. The van der Waals surface area contributed by atoms with Gasteiger partial charge in [0.05, 0.1) is 17.1 Å². The molecule has 0 bridgehead atoms. The van der Waals surface area contributed by atoms with Crippen LogP contribution in [0.15, 0.2) is 60.8 Å². The third-order valence-corrected chi connectivity index (χ3v) is 8.27. The molecular weight excluding hydrogens is 647 g/mol. The van der Waals surface area contributed by atoms with Crippen LogP contribution < -0.4 is 10.6 Å². The van der Waals surface area contributed by atoms with Gasteiger partial charge in [0.25, 0.3) is 5.91 Å². The van der Waals surface area contributed by atoms with Gasteiger partial charge in [0.1, 0.15) is 29.3 Å². The summed E-state index contributed by atoms with van der Waals surface area (Å²) in [4.78, 5) is 29.6. The Morgan fingerprint density at radius 1 is 1.06 bits per heavy atom. The lowest BCUT2D eigenvalue weighted by Gasteiger charge is -2.33. The van der Waals surface area contributed by atoms with Crippen molar-refractivity contribution in [1.82, 2.24) is 10.3 Å². The van der Waals surface area contributed by atoms with Crippen molar-refractivity contribution in [3.8, 4) is 17.2 Å². The number of halogens is 6. The Labute approximate surface area is 270 Å². The number of ether oxygens (including phenoxy) is 1. The third kappa shape index (κ3) is 7.45. The van der Waals surface area contributed by atoms with Crippen LogP contribution >= 0.6 is 11.6 Å². The molecule has 244 valence electrons. The molecule has 1 aliphatic rings. The van der Waals surface area contributed by atoms with Gasteiger partial charge in [0.15, 0.2) is 0 Å². The number of benzene rings is 3. The molecule has 1 amide bonds. The molecule has 4 aromatic rings. The van der Waals surface area contributed by atoms with Crippen molar-refractivity contribution in [2.75, 3.05) is 18.5 Å². The maximum absolute atomic E-state index is 15.1. The lowest BCUT2D eigenvalue weighted by molar-refractivity contribution is -0.159. The molecule has 0 spiro atoms. The number of carbonyl (C=O) groups excluding carboxylic acids is 1. The zero-order chi connectivity index (χ0) is 33.9. The van der Waals surface area contributed by atoms with Crippen LogP contribution in [-0.4, -0.2) is 53.4 Å². The molecule has 5 rings (SSSR count). The first kappa shape index (κ1) is 33.6. The number of hydrogen-bond acceptors (Lipinski definition) is 6. The SMILES string of the molecule is N#Cc1ccc(-c2ccc(C[C@H](NC(=O)c3c(F)cc(N[C@H](C4CCOCC4)C(F)(F)F)cc3F)C(=O)O)c3cccnc23)c(Cl)c1. The molecule has 3 N–H and O–H groups in total. The van der Waals surface area contributed by atoms with Gasteiger partial charge in [-0.2, -0.15) is 18.4 Å². The first-order valence-electron chi connectivity index (χ1n) is 14.4. The van der Waals surface area contributed by atoms with Gasteiger partial charge in [-0.1, -0.05) is 35.9 Å². The van der Waals surface area contributed by atoms with E-state index in [9.17, 15) is 27.9 Å². The predicted molar refractivity (Wildman–Crippen MR) is 163 cm³/mol. The summed E-state index contributed by atoms with van der Waals surface area (Å²) in [5.41, 5.74) is 0.730. The normalized spacial score (nSPS) is 15.1. The van der Waals surface area contributed by atoms with E-state index in [0.717, 1.165) is 0 Å². The molecule has 14 heteroatoms. The summed E-state index contributed by atoms with van der Waals surface area (Å²) < 4.78 is 76.8. The molecule has 0 aliphatic carbocycles. The number of fused-ring (bicyclic) bond motifs is 1. The van der Waals surface area contributed by atoms with E-state index in [0.29, 0.717) is 50.3 Å². The first-order valence-corrected chi connectivity index (χ1v) is 14.8. The van der Waals surface area contributed by atoms with Gasteiger partial charge in [-0.3, -0.25) is 9.78 Å². The van der Waals surface area contributed by atoms with E-state index in [-0.39, 0.29) is 32.5 Å². The number of carbonyl (C=O) groups is 2. The Bertz CT molecular complexity index is 1850. The maximum atomic E-state index is 15.1. The summed E-state index contributed by atoms with van der Waals surface area (Å²) in [5.74, 6) is -6.74. The van der Waals surface area contributed by atoms with Crippen LogP contribution in [0, 0.1) is 28.9 Å². The Balaban J connectivity index is 1.39. The summed E-state index contributed by atoms with van der Waals surface area (Å²) in [5, 5.41) is 24.2. The highest BCUT2D eigenvalue weighted by atomic mass is 35.5. The predicted octanol–water partition coefficient (Wildman–Crippen LogP) is 6.90. The standard InChI is InChI=1S/C33H26ClF5N4O4/c34-24-12-17(16-40)3-5-22(24)23-6-4-19(21-2-1-9-41-29(21)23)13-27(32(45)46)43-31(44)28-25(35)14-20(15-26(28)36)42-30(33(37,38)39)18-7-10-47-11-8-18/h1-6,9,12,14-15,18,27,30,42H,7-8,10-11,13H2,(H,43,44)(H,45,46)/t27-,30+/m0/s1. The van der Waals surface area contributed by atoms with Crippen molar-refractivity contribution in [1.29, 1.82) is 5.26 Å². The van der Waals surface area contributed by atoms with E-state index in [1.54, 1.807) is 36.4 Å². The second kappa shape index (κ2) is 13.9. The minimum Gasteiger partial charge on any atom is -0.480 e. The van der Waals surface area contributed by atoms with Crippen LogP contribution in [0.1, 0.15) is 34.3 Å². The van der Waals surface area contributed by atoms with Gasteiger partial charge in [-0.05, 0) is 54.7 Å². The molecule has 1 fully saturated rings. The highest BCUT2D eigenvalue weighted by Gasteiger charge is 2.45. The van der Waals surface area contributed by atoms with E-state index in [1.165, 1.54) is 12.3 Å². The summed E-state index contributed by atoms with van der Waals surface area (Å²) in [6, 6.07) is 10.7. The van der Waals surface area contributed by atoms with Gasteiger partial charge in [0, 0.05) is 53.1 Å². The van der Waals surface area contributed by atoms with E-state index in [1.807, 2.05) is 6.07 Å². The summed E-state index contributed by atoms with van der Waals surface area (Å²) >= 11 is 6.42. The molecule has 3 aromatic carbocycles. The van der Waals surface area contributed by atoms with E-state index in [2.05, 4.69) is 15.6 Å². The van der Waals surface area contributed by atoms with Gasteiger partial charge in [-0.15, -0.1) is 0 Å². The van der Waals surface area contributed by atoms with Crippen LogP contribution in [0.25, 0.3) is 22.0 Å².